The average molecular weight is 324 g/mol. The second-order valence-corrected chi connectivity index (χ2v) is 6.10. The Balaban J connectivity index is 2.01. The van der Waals surface area contributed by atoms with Crippen molar-refractivity contribution in [2.45, 2.75) is 6.42 Å². The maximum atomic E-state index is 11.4. The zero-order valence-corrected chi connectivity index (χ0v) is 13.5. The van der Waals surface area contributed by atoms with Crippen LogP contribution in [0.1, 0.15) is 17.0 Å². The number of nitrogens with zero attached hydrogens (tertiary/aromatic N) is 1. The van der Waals surface area contributed by atoms with Crippen molar-refractivity contribution in [1.82, 2.24) is 4.98 Å². The predicted molar refractivity (Wildman–Crippen MR) is 94.3 cm³/mol. The largest absolute Gasteiger partial charge is 0.497 e. The maximum Gasteiger partial charge on any atom is 0.221 e. The van der Waals surface area contributed by atoms with Gasteiger partial charge in [-0.15, -0.1) is 11.3 Å². The Bertz CT molecular complexity index is 833. The summed E-state index contributed by atoms with van der Waals surface area (Å²) in [6.45, 7) is 0. The number of methoxy groups -OCH3 is 1. The first-order chi connectivity index (χ1) is 11.2. The van der Waals surface area contributed by atoms with Gasteiger partial charge in [0.15, 0.2) is 0 Å². The minimum atomic E-state index is -0.371. The van der Waals surface area contributed by atoms with E-state index < -0.39 is 0 Å². The molecule has 1 heterocycles. The summed E-state index contributed by atoms with van der Waals surface area (Å²) in [5.41, 5.74) is 8.13. The number of para-hydroxylation sites is 1. The monoisotopic (exact) mass is 324 g/mol. The number of carbonyl (C=O) groups excluding carboxylic acids is 1. The highest BCUT2D eigenvalue weighted by Crippen LogP contribution is 2.30. The van der Waals surface area contributed by atoms with Crippen molar-refractivity contribution in [3.63, 3.8) is 0 Å². The molecule has 0 aliphatic carbocycles. The molecular weight excluding hydrogens is 308 g/mol. The molecule has 0 fully saturated rings. The second-order valence-electron chi connectivity index (χ2n) is 5.07. The quantitative estimate of drug-likeness (QED) is 0.778. The van der Waals surface area contributed by atoms with Gasteiger partial charge in [0.05, 0.1) is 23.7 Å². The Labute approximate surface area is 138 Å². The van der Waals surface area contributed by atoms with Crippen LogP contribution in [0, 0.1) is 0 Å². The zero-order valence-electron chi connectivity index (χ0n) is 12.7. The lowest BCUT2D eigenvalue weighted by Gasteiger charge is -2.03. The summed E-state index contributed by atoms with van der Waals surface area (Å²) in [6, 6.07) is 15.5. The number of aromatic nitrogens is 1. The van der Waals surface area contributed by atoms with E-state index >= 15 is 0 Å². The molecule has 2 aromatic carbocycles. The van der Waals surface area contributed by atoms with E-state index in [1.165, 1.54) is 0 Å². The fourth-order valence-electron chi connectivity index (χ4n) is 2.29. The van der Waals surface area contributed by atoms with Crippen molar-refractivity contribution in [3.8, 4) is 5.75 Å². The third kappa shape index (κ3) is 3.57. The Kier molecular flexibility index (Phi) is 4.39. The third-order valence-corrected chi connectivity index (χ3v) is 4.50. The van der Waals surface area contributed by atoms with Crippen LogP contribution >= 0.6 is 11.3 Å². The lowest BCUT2D eigenvalue weighted by atomic mass is 10.1. The van der Waals surface area contributed by atoms with Crippen LogP contribution in [0.25, 0.3) is 21.9 Å². The SMILES string of the molecule is COc1ccc(C=C(CC(N)=O)c2nc3ccccc3s2)cc1. The Hall–Kier alpha value is -2.66. The van der Waals surface area contributed by atoms with E-state index in [4.69, 9.17) is 10.5 Å². The van der Waals surface area contributed by atoms with Gasteiger partial charge in [-0.1, -0.05) is 24.3 Å². The number of hydrogen-bond donors (Lipinski definition) is 1. The normalized spacial score (nSPS) is 11.6. The fraction of sp³-hybridized carbons (Fsp3) is 0.111. The summed E-state index contributed by atoms with van der Waals surface area (Å²) in [5.74, 6) is 0.419. The number of benzene rings is 2. The molecule has 1 amide bonds. The molecule has 0 aliphatic heterocycles. The molecule has 0 unspecified atom stereocenters. The number of carbonyl (C=O) groups is 1. The summed E-state index contributed by atoms with van der Waals surface area (Å²) in [5, 5.41) is 0.820. The summed E-state index contributed by atoms with van der Waals surface area (Å²) < 4.78 is 6.25. The van der Waals surface area contributed by atoms with Gasteiger partial charge in [-0.2, -0.15) is 0 Å². The van der Waals surface area contributed by atoms with E-state index in [2.05, 4.69) is 4.98 Å². The predicted octanol–water partition coefficient (Wildman–Crippen LogP) is 3.72. The topological polar surface area (TPSA) is 65.2 Å². The van der Waals surface area contributed by atoms with Crippen molar-refractivity contribution in [1.29, 1.82) is 0 Å². The van der Waals surface area contributed by atoms with E-state index in [0.717, 1.165) is 32.1 Å². The van der Waals surface area contributed by atoms with Crippen LogP contribution < -0.4 is 10.5 Å². The van der Waals surface area contributed by atoms with Gasteiger partial charge in [-0.05, 0) is 41.5 Å². The number of ether oxygens (including phenoxy) is 1. The van der Waals surface area contributed by atoms with Crippen molar-refractivity contribution in [2.75, 3.05) is 7.11 Å². The number of primary amides is 1. The Morgan fingerprint density at radius 1 is 1.22 bits per heavy atom. The molecule has 0 spiro atoms. The summed E-state index contributed by atoms with van der Waals surface area (Å²) >= 11 is 1.56. The zero-order chi connectivity index (χ0) is 16.2. The Morgan fingerprint density at radius 3 is 2.61 bits per heavy atom. The molecule has 0 atom stereocenters. The van der Waals surface area contributed by atoms with Gasteiger partial charge in [-0.3, -0.25) is 4.79 Å². The molecular formula is C18H16N2O2S. The van der Waals surface area contributed by atoms with Gasteiger partial charge >= 0.3 is 0 Å². The molecule has 0 saturated heterocycles. The molecule has 116 valence electrons. The van der Waals surface area contributed by atoms with Crippen LogP contribution in [0.5, 0.6) is 5.75 Å². The van der Waals surface area contributed by atoms with Crippen LogP contribution in [0.3, 0.4) is 0 Å². The lowest BCUT2D eigenvalue weighted by Crippen LogP contribution is -2.10. The van der Waals surface area contributed by atoms with Gasteiger partial charge in [0.1, 0.15) is 10.8 Å². The van der Waals surface area contributed by atoms with Crippen LogP contribution in [0.4, 0.5) is 0 Å². The molecule has 3 rings (SSSR count). The van der Waals surface area contributed by atoms with Crippen LogP contribution in [-0.4, -0.2) is 18.0 Å². The van der Waals surface area contributed by atoms with E-state index in [0.29, 0.717) is 0 Å². The first kappa shape index (κ1) is 15.2. The highest BCUT2D eigenvalue weighted by atomic mass is 32.1. The number of thiazole rings is 1. The molecule has 0 aliphatic rings. The molecule has 2 N–H and O–H groups in total. The smallest absolute Gasteiger partial charge is 0.221 e. The van der Waals surface area contributed by atoms with Crippen LogP contribution in [-0.2, 0) is 4.79 Å². The van der Waals surface area contributed by atoms with E-state index in [1.54, 1.807) is 18.4 Å². The highest BCUT2D eigenvalue weighted by molar-refractivity contribution is 7.19. The van der Waals surface area contributed by atoms with Gasteiger partial charge in [0.2, 0.25) is 5.91 Å². The van der Waals surface area contributed by atoms with Gasteiger partial charge < -0.3 is 10.5 Å². The summed E-state index contributed by atoms with van der Waals surface area (Å²) in [7, 11) is 1.63. The van der Waals surface area contributed by atoms with Gasteiger partial charge in [-0.25, -0.2) is 4.98 Å². The van der Waals surface area contributed by atoms with Crippen molar-refractivity contribution in [2.24, 2.45) is 5.73 Å². The minimum Gasteiger partial charge on any atom is -0.497 e. The minimum absolute atomic E-state index is 0.159. The number of rotatable bonds is 5. The maximum absolute atomic E-state index is 11.4. The molecule has 3 aromatic rings. The first-order valence-corrected chi connectivity index (χ1v) is 7.96. The fourth-order valence-corrected chi connectivity index (χ4v) is 3.27. The summed E-state index contributed by atoms with van der Waals surface area (Å²) in [6.07, 6.45) is 2.10. The number of fused-ring (bicyclic) bond motifs is 1. The molecule has 5 heteroatoms. The van der Waals surface area contributed by atoms with Crippen LogP contribution in [0.15, 0.2) is 48.5 Å². The second kappa shape index (κ2) is 6.62. The van der Waals surface area contributed by atoms with E-state index in [-0.39, 0.29) is 12.3 Å². The highest BCUT2D eigenvalue weighted by Gasteiger charge is 2.11. The van der Waals surface area contributed by atoms with E-state index in [9.17, 15) is 4.79 Å². The van der Waals surface area contributed by atoms with Crippen molar-refractivity contribution < 1.29 is 9.53 Å². The van der Waals surface area contributed by atoms with E-state index in [1.807, 2.05) is 54.6 Å². The molecule has 4 nitrogen and oxygen atoms in total. The molecule has 23 heavy (non-hydrogen) atoms. The standard InChI is InChI=1S/C18H16N2O2S/c1-22-14-8-6-12(7-9-14)10-13(11-17(19)21)18-20-15-4-2-3-5-16(15)23-18/h2-10H,11H2,1H3,(H2,19,21). The molecule has 0 saturated carbocycles. The molecule has 1 aromatic heterocycles. The Morgan fingerprint density at radius 2 is 1.96 bits per heavy atom. The lowest BCUT2D eigenvalue weighted by molar-refractivity contribution is -0.117. The molecule has 0 radical (unpaired) electrons. The van der Waals surface area contributed by atoms with Gasteiger partial charge in [0.25, 0.3) is 0 Å². The van der Waals surface area contributed by atoms with Crippen LogP contribution in [0.2, 0.25) is 0 Å². The van der Waals surface area contributed by atoms with Gasteiger partial charge in [0, 0.05) is 0 Å². The summed E-state index contributed by atoms with van der Waals surface area (Å²) in [4.78, 5) is 16.0. The van der Waals surface area contributed by atoms with Crippen molar-refractivity contribution in [3.05, 3.63) is 59.1 Å². The van der Waals surface area contributed by atoms with Crippen molar-refractivity contribution >= 4 is 39.1 Å². The number of nitrogens with two attached hydrogens (primary N) is 1. The number of amides is 1. The number of hydrogen-bond acceptors (Lipinski definition) is 4. The first-order valence-electron chi connectivity index (χ1n) is 7.14. The molecule has 0 bridgehead atoms. The third-order valence-electron chi connectivity index (χ3n) is 3.39. The average Bonchev–Trinajstić information content (AvgIpc) is 2.98.